The normalized spacial score (nSPS) is 13.3. The van der Waals surface area contributed by atoms with Gasteiger partial charge < -0.3 is 19.9 Å². The zero-order chi connectivity index (χ0) is 14.3. The molecule has 1 rings (SSSR count). The summed E-state index contributed by atoms with van der Waals surface area (Å²) < 4.78 is 45.0. The van der Waals surface area contributed by atoms with E-state index >= 15 is 0 Å². The zero-order valence-electron chi connectivity index (χ0n) is 10.4. The molecule has 0 saturated carbocycles. The fourth-order valence-corrected chi connectivity index (χ4v) is 1.55. The third-order valence-corrected chi connectivity index (χ3v) is 2.37. The van der Waals surface area contributed by atoms with Crippen LogP contribution >= 0.6 is 0 Å². The first kappa shape index (κ1) is 15.7. The predicted molar refractivity (Wildman–Crippen MR) is 62.8 cm³/mol. The number of methoxy groups -OCH3 is 1. The Morgan fingerprint density at radius 3 is 2.68 bits per heavy atom. The molecule has 0 aliphatic heterocycles. The molecule has 0 bridgehead atoms. The first-order valence-electron chi connectivity index (χ1n) is 5.65. The van der Waals surface area contributed by atoms with E-state index in [0.29, 0.717) is 18.7 Å². The molecule has 0 amide bonds. The Kier molecular flexibility index (Phi) is 6.07. The number of halogens is 3. The van der Waals surface area contributed by atoms with Gasteiger partial charge in [-0.15, -0.1) is 13.2 Å². The highest BCUT2D eigenvalue weighted by Gasteiger charge is 2.31. The number of nitrogens with one attached hydrogen (secondary N) is 1. The van der Waals surface area contributed by atoms with E-state index in [9.17, 15) is 18.3 Å². The summed E-state index contributed by atoms with van der Waals surface area (Å²) >= 11 is 0. The average Bonchev–Trinajstić information content (AvgIpc) is 2.33. The van der Waals surface area contributed by atoms with Crippen molar-refractivity contribution < 1.29 is 27.8 Å². The average molecular weight is 279 g/mol. The van der Waals surface area contributed by atoms with Crippen molar-refractivity contribution >= 4 is 0 Å². The van der Waals surface area contributed by atoms with E-state index < -0.39 is 12.4 Å². The molecular formula is C12H16F3NO3. The Morgan fingerprint density at radius 1 is 1.37 bits per heavy atom. The lowest BCUT2D eigenvalue weighted by Gasteiger charge is -2.17. The number of aliphatic hydroxyl groups is 1. The molecule has 7 heteroatoms. The maximum Gasteiger partial charge on any atom is 0.573 e. The van der Waals surface area contributed by atoms with Crippen LogP contribution in [0.15, 0.2) is 24.3 Å². The Hall–Kier alpha value is -1.31. The molecule has 0 spiro atoms. The highest BCUT2D eigenvalue weighted by atomic mass is 19.4. The van der Waals surface area contributed by atoms with E-state index in [-0.39, 0.29) is 12.4 Å². The van der Waals surface area contributed by atoms with Crippen LogP contribution in [0.25, 0.3) is 0 Å². The monoisotopic (exact) mass is 279 g/mol. The van der Waals surface area contributed by atoms with Crippen LogP contribution in [0.2, 0.25) is 0 Å². The lowest BCUT2D eigenvalue weighted by atomic mass is 10.1. The summed E-state index contributed by atoms with van der Waals surface area (Å²) in [7, 11) is 1.54. The number of rotatable bonds is 7. The molecule has 1 aromatic carbocycles. The first-order valence-corrected chi connectivity index (χ1v) is 5.65. The molecule has 1 atom stereocenters. The van der Waals surface area contributed by atoms with Gasteiger partial charge in [-0.05, 0) is 17.7 Å². The van der Waals surface area contributed by atoms with Gasteiger partial charge in [-0.25, -0.2) is 0 Å². The maximum atomic E-state index is 12.1. The van der Waals surface area contributed by atoms with Gasteiger partial charge in [-0.3, -0.25) is 0 Å². The van der Waals surface area contributed by atoms with Crippen molar-refractivity contribution in [1.29, 1.82) is 0 Å². The summed E-state index contributed by atoms with van der Waals surface area (Å²) in [5.41, 5.74) is 0.514. The largest absolute Gasteiger partial charge is 0.573 e. The summed E-state index contributed by atoms with van der Waals surface area (Å²) in [6, 6.07) is 5.04. The van der Waals surface area contributed by atoms with E-state index in [4.69, 9.17) is 4.74 Å². The third kappa shape index (κ3) is 5.91. The van der Waals surface area contributed by atoms with Crippen LogP contribution in [-0.4, -0.2) is 38.3 Å². The smallest absolute Gasteiger partial charge is 0.406 e. The van der Waals surface area contributed by atoms with Gasteiger partial charge in [0.2, 0.25) is 0 Å². The van der Waals surface area contributed by atoms with Gasteiger partial charge >= 0.3 is 6.36 Å². The Morgan fingerprint density at radius 2 is 2.11 bits per heavy atom. The highest BCUT2D eigenvalue weighted by molar-refractivity contribution is 5.30. The number of ether oxygens (including phenoxy) is 2. The van der Waals surface area contributed by atoms with Crippen molar-refractivity contribution in [2.75, 3.05) is 26.9 Å². The van der Waals surface area contributed by atoms with Crippen LogP contribution in [0.1, 0.15) is 11.6 Å². The Labute approximate surface area is 109 Å². The molecule has 0 heterocycles. The second-order valence-electron chi connectivity index (χ2n) is 3.80. The van der Waals surface area contributed by atoms with Gasteiger partial charge in [0.05, 0.1) is 19.3 Å². The fourth-order valence-electron chi connectivity index (χ4n) is 1.55. The molecule has 108 valence electrons. The minimum absolute atomic E-state index is 0.237. The van der Waals surface area contributed by atoms with Crippen molar-refractivity contribution in [1.82, 2.24) is 5.32 Å². The third-order valence-electron chi connectivity index (χ3n) is 2.37. The Bertz CT molecular complexity index is 385. The second kappa shape index (κ2) is 7.32. The molecule has 2 N–H and O–H groups in total. The summed E-state index contributed by atoms with van der Waals surface area (Å²) in [5.74, 6) is -0.308. The second-order valence-corrected chi connectivity index (χ2v) is 3.80. The molecule has 0 radical (unpaired) electrons. The van der Waals surface area contributed by atoms with E-state index in [1.807, 2.05) is 0 Å². The molecule has 0 fully saturated rings. The van der Waals surface area contributed by atoms with Crippen molar-refractivity contribution in [3.63, 3.8) is 0 Å². The number of aliphatic hydroxyl groups excluding tert-OH is 1. The molecule has 19 heavy (non-hydrogen) atoms. The van der Waals surface area contributed by atoms with E-state index in [1.165, 1.54) is 25.3 Å². The highest BCUT2D eigenvalue weighted by Crippen LogP contribution is 2.25. The fraction of sp³-hybridized carbons (Fsp3) is 0.500. The van der Waals surface area contributed by atoms with Crippen LogP contribution in [0.4, 0.5) is 13.2 Å². The number of alkyl halides is 3. The number of hydrogen-bond acceptors (Lipinski definition) is 4. The first-order chi connectivity index (χ1) is 8.96. The van der Waals surface area contributed by atoms with Crippen LogP contribution < -0.4 is 10.1 Å². The molecular weight excluding hydrogens is 263 g/mol. The quantitative estimate of drug-likeness (QED) is 0.748. The van der Waals surface area contributed by atoms with Gasteiger partial charge in [0, 0.05) is 13.7 Å². The van der Waals surface area contributed by atoms with E-state index in [1.54, 1.807) is 6.07 Å². The summed E-state index contributed by atoms with van der Waals surface area (Å²) in [6.45, 7) is 0.681. The molecule has 1 aromatic rings. The molecule has 0 aliphatic carbocycles. The van der Waals surface area contributed by atoms with Crippen LogP contribution in [0.3, 0.4) is 0 Å². The standard InChI is InChI=1S/C12H16F3NO3/c1-18-6-5-16-11(8-17)9-3-2-4-10(7-9)19-12(13,14)15/h2-4,7,11,16-17H,5-6,8H2,1H3. The van der Waals surface area contributed by atoms with E-state index in [2.05, 4.69) is 10.1 Å². The molecule has 4 nitrogen and oxygen atoms in total. The van der Waals surface area contributed by atoms with Gasteiger partial charge in [-0.2, -0.15) is 0 Å². The van der Waals surface area contributed by atoms with Crippen LogP contribution in [0, 0.1) is 0 Å². The molecule has 1 unspecified atom stereocenters. The van der Waals surface area contributed by atoms with Gasteiger partial charge in [0.25, 0.3) is 0 Å². The summed E-state index contributed by atoms with van der Waals surface area (Å²) in [4.78, 5) is 0. The van der Waals surface area contributed by atoms with E-state index in [0.717, 1.165) is 0 Å². The van der Waals surface area contributed by atoms with Gasteiger partial charge in [0.15, 0.2) is 0 Å². The minimum atomic E-state index is -4.73. The summed E-state index contributed by atoms with van der Waals surface area (Å²) in [6.07, 6.45) is -4.73. The Balaban J connectivity index is 2.72. The lowest BCUT2D eigenvalue weighted by Crippen LogP contribution is -2.27. The van der Waals surface area contributed by atoms with Crippen LogP contribution in [0.5, 0.6) is 5.75 Å². The van der Waals surface area contributed by atoms with Crippen molar-refractivity contribution in [3.05, 3.63) is 29.8 Å². The molecule has 0 aromatic heterocycles. The SMILES string of the molecule is COCCNC(CO)c1cccc(OC(F)(F)F)c1. The van der Waals surface area contributed by atoms with Crippen molar-refractivity contribution in [2.24, 2.45) is 0 Å². The lowest BCUT2D eigenvalue weighted by molar-refractivity contribution is -0.274. The maximum absolute atomic E-state index is 12.1. The summed E-state index contributed by atoms with van der Waals surface area (Å²) in [5, 5.41) is 12.2. The zero-order valence-corrected chi connectivity index (χ0v) is 10.4. The minimum Gasteiger partial charge on any atom is -0.406 e. The topological polar surface area (TPSA) is 50.7 Å². The van der Waals surface area contributed by atoms with Crippen molar-refractivity contribution in [2.45, 2.75) is 12.4 Å². The van der Waals surface area contributed by atoms with Crippen LogP contribution in [-0.2, 0) is 4.74 Å². The van der Waals surface area contributed by atoms with Crippen molar-refractivity contribution in [3.8, 4) is 5.75 Å². The number of hydrogen-bond donors (Lipinski definition) is 2. The van der Waals surface area contributed by atoms with Gasteiger partial charge in [0.1, 0.15) is 5.75 Å². The predicted octanol–water partition coefficient (Wildman–Crippen LogP) is 1.85. The number of benzene rings is 1. The molecule has 0 saturated heterocycles. The molecule has 0 aliphatic rings. The van der Waals surface area contributed by atoms with Gasteiger partial charge in [-0.1, -0.05) is 12.1 Å².